The lowest BCUT2D eigenvalue weighted by Gasteiger charge is -2.13. The highest BCUT2D eigenvalue weighted by Crippen LogP contribution is 2.14. The molecule has 0 radical (unpaired) electrons. The van der Waals surface area contributed by atoms with Gasteiger partial charge in [-0.1, -0.05) is 0 Å². The van der Waals surface area contributed by atoms with E-state index in [1.165, 1.54) is 17.0 Å². The van der Waals surface area contributed by atoms with Crippen molar-refractivity contribution in [3.8, 4) is 0 Å². The molecule has 20 heavy (non-hydrogen) atoms. The standard InChI is InChI=1S/C14H15FN4S/c1-19(8-11-7-16-9-20-11)5-4-14-17-12-3-2-10(15)6-13(12)18-14/h2-3,6-7,9H,4-5,8H2,1H3,(H,17,18). The number of hydrogen-bond acceptors (Lipinski definition) is 4. The number of nitrogens with one attached hydrogen (secondary N) is 1. The Labute approximate surface area is 120 Å². The van der Waals surface area contributed by atoms with Gasteiger partial charge in [0.05, 0.1) is 16.5 Å². The van der Waals surface area contributed by atoms with Crippen LogP contribution in [0, 0.1) is 5.82 Å². The number of H-pyrrole nitrogens is 1. The predicted molar refractivity (Wildman–Crippen MR) is 78.2 cm³/mol. The molecule has 0 fully saturated rings. The first-order chi connectivity index (χ1) is 9.70. The molecule has 1 N–H and O–H groups in total. The molecular weight excluding hydrogens is 275 g/mol. The lowest BCUT2D eigenvalue weighted by Crippen LogP contribution is -2.20. The third kappa shape index (κ3) is 3.02. The van der Waals surface area contributed by atoms with Gasteiger partial charge in [0.2, 0.25) is 0 Å². The SMILES string of the molecule is CN(CCc1nc2ccc(F)cc2[nH]1)Cc1cncs1. The molecule has 1 aromatic carbocycles. The molecule has 0 aliphatic carbocycles. The van der Waals surface area contributed by atoms with Gasteiger partial charge in [0.15, 0.2) is 0 Å². The van der Waals surface area contributed by atoms with Crippen LogP contribution in [0.1, 0.15) is 10.7 Å². The van der Waals surface area contributed by atoms with E-state index < -0.39 is 0 Å². The van der Waals surface area contributed by atoms with Crippen molar-refractivity contribution in [1.82, 2.24) is 19.9 Å². The number of likely N-dealkylation sites (N-methyl/N-ethyl adjacent to an activating group) is 1. The molecular formula is C14H15FN4S. The summed E-state index contributed by atoms with van der Waals surface area (Å²) in [7, 11) is 2.07. The van der Waals surface area contributed by atoms with Gasteiger partial charge in [-0.3, -0.25) is 4.98 Å². The van der Waals surface area contributed by atoms with Crippen molar-refractivity contribution in [2.45, 2.75) is 13.0 Å². The molecule has 0 saturated heterocycles. The van der Waals surface area contributed by atoms with Gasteiger partial charge in [-0.05, 0) is 25.2 Å². The van der Waals surface area contributed by atoms with Gasteiger partial charge in [0.25, 0.3) is 0 Å². The number of fused-ring (bicyclic) bond motifs is 1. The predicted octanol–water partition coefficient (Wildman–Crippen LogP) is 2.83. The lowest BCUT2D eigenvalue weighted by atomic mass is 10.3. The lowest BCUT2D eigenvalue weighted by molar-refractivity contribution is 0.332. The molecule has 4 nitrogen and oxygen atoms in total. The summed E-state index contributed by atoms with van der Waals surface area (Å²) in [6.45, 7) is 1.78. The molecule has 0 atom stereocenters. The van der Waals surface area contributed by atoms with E-state index in [4.69, 9.17) is 0 Å². The second kappa shape index (κ2) is 5.68. The van der Waals surface area contributed by atoms with E-state index in [-0.39, 0.29) is 5.82 Å². The number of imidazole rings is 1. The van der Waals surface area contributed by atoms with Crippen molar-refractivity contribution in [2.75, 3.05) is 13.6 Å². The molecule has 0 bridgehead atoms. The Morgan fingerprint density at radius 2 is 2.30 bits per heavy atom. The average molecular weight is 290 g/mol. The van der Waals surface area contributed by atoms with Crippen LogP contribution in [0.15, 0.2) is 29.9 Å². The summed E-state index contributed by atoms with van der Waals surface area (Å²) in [5.41, 5.74) is 3.41. The van der Waals surface area contributed by atoms with Crippen LogP contribution in [0.4, 0.5) is 4.39 Å². The summed E-state index contributed by atoms with van der Waals surface area (Å²) >= 11 is 1.66. The number of halogens is 1. The average Bonchev–Trinajstić information content (AvgIpc) is 3.04. The Balaban J connectivity index is 1.61. The van der Waals surface area contributed by atoms with Gasteiger partial charge >= 0.3 is 0 Å². The monoisotopic (exact) mass is 290 g/mol. The minimum absolute atomic E-state index is 0.241. The molecule has 2 aromatic heterocycles. The number of aromatic nitrogens is 3. The van der Waals surface area contributed by atoms with Crippen LogP contribution in [0.25, 0.3) is 11.0 Å². The molecule has 3 rings (SSSR count). The largest absolute Gasteiger partial charge is 0.342 e. The normalized spacial score (nSPS) is 11.6. The maximum absolute atomic E-state index is 13.1. The van der Waals surface area contributed by atoms with Crippen molar-refractivity contribution >= 4 is 22.4 Å². The van der Waals surface area contributed by atoms with Gasteiger partial charge < -0.3 is 9.88 Å². The Hall–Kier alpha value is -1.79. The van der Waals surface area contributed by atoms with Crippen LogP contribution >= 0.6 is 11.3 Å². The number of hydrogen-bond donors (Lipinski definition) is 1. The highest BCUT2D eigenvalue weighted by atomic mass is 32.1. The van der Waals surface area contributed by atoms with Crippen molar-refractivity contribution in [3.63, 3.8) is 0 Å². The molecule has 6 heteroatoms. The minimum Gasteiger partial charge on any atom is -0.342 e. The summed E-state index contributed by atoms with van der Waals surface area (Å²) in [5, 5.41) is 0. The van der Waals surface area contributed by atoms with Crippen molar-refractivity contribution in [3.05, 3.63) is 46.4 Å². The zero-order chi connectivity index (χ0) is 13.9. The van der Waals surface area contributed by atoms with E-state index in [2.05, 4.69) is 26.9 Å². The van der Waals surface area contributed by atoms with E-state index in [1.54, 1.807) is 17.4 Å². The van der Waals surface area contributed by atoms with Gasteiger partial charge in [-0.15, -0.1) is 11.3 Å². The van der Waals surface area contributed by atoms with Crippen LogP contribution in [-0.2, 0) is 13.0 Å². The summed E-state index contributed by atoms with van der Waals surface area (Å²) < 4.78 is 13.1. The van der Waals surface area contributed by atoms with E-state index in [0.29, 0.717) is 0 Å². The maximum Gasteiger partial charge on any atom is 0.125 e. The number of rotatable bonds is 5. The van der Waals surface area contributed by atoms with Crippen LogP contribution in [0.3, 0.4) is 0 Å². The fraction of sp³-hybridized carbons (Fsp3) is 0.286. The van der Waals surface area contributed by atoms with Gasteiger partial charge in [0.1, 0.15) is 11.6 Å². The zero-order valence-corrected chi connectivity index (χ0v) is 12.0. The Morgan fingerprint density at radius 1 is 1.40 bits per heavy atom. The third-order valence-corrected chi connectivity index (χ3v) is 3.90. The van der Waals surface area contributed by atoms with Crippen LogP contribution in [0.5, 0.6) is 0 Å². The van der Waals surface area contributed by atoms with Crippen LogP contribution < -0.4 is 0 Å². The molecule has 2 heterocycles. The molecule has 0 amide bonds. The van der Waals surface area contributed by atoms with Crippen LogP contribution in [-0.4, -0.2) is 33.4 Å². The van der Waals surface area contributed by atoms with Gasteiger partial charge in [0, 0.05) is 30.6 Å². The minimum atomic E-state index is -0.241. The van der Waals surface area contributed by atoms with Crippen molar-refractivity contribution in [2.24, 2.45) is 0 Å². The second-order valence-corrected chi connectivity index (χ2v) is 5.77. The summed E-state index contributed by atoms with van der Waals surface area (Å²) in [6, 6.07) is 4.61. The Kier molecular flexibility index (Phi) is 3.75. The third-order valence-electron chi connectivity index (χ3n) is 3.13. The van der Waals surface area contributed by atoms with E-state index in [0.717, 1.165) is 36.4 Å². The number of aromatic amines is 1. The van der Waals surface area contributed by atoms with E-state index in [1.807, 2.05) is 11.7 Å². The molecule has 104 valence electrons. The van der Waals surface area contributed by atoms with E-state index in [9.17, 15) is 4.39 Å². The maximum atomic E-state index is 13.1. The topological polar surface area (TPSA) is 44.8 Å². The quantitative estimate of drug-likeness (QED) is 0.786. The number of thiazole rings is 1. The first kappa shape index (κ1) is 13.2. The molecule has 0 aliphatic rings. The Bertz CT molecular complexity index is 692. The summed E-state index contributed by atoms with van der Waals surface area (Å²) in [5.74, 6) is 0.650. The number of nitrogens with zero attached hydrogens (tertiary/aromatic N) is 3. The molecule has 0 spiro atoms. The van der Waals surface area contributed by atoms with Crippen molar-refractivity contribution in [1.29, 1.82) is 0 Å². The van der Waals surface area contributed by atoms with Crippen molar-refractivity contribution < 1.29 is 4.39 Å². The summed E-state index contributed by atoms with van der Waals surface area (Å²) in [4.78, 5) is 15.2. The Morgan fingerprint density at radius 3 is 3.10 bits per heavy atom. The summed E-state index contributed by atoms with van der Waals surface area (Å²) in [6.07, 6.45) is 2.71. The van der Waals surface area contributed by atoms with E-state index >= 15 is 0 Å². The first-order valence-corrected chi connectivity index (χ1v) is 7.29. The fourth-order valence-electron chi connectivity index (χ4n) is 2.12. The first-order valence-electron chi connectivity index (χ1n) is 6.41. The fourth-order valence-corrected chi connectivity index (χ4v) is 2.79. The van der Waals surface area contributed by atoms with Gasteiger partial charge in [-0.2, -0.15) is 0 Å². The highest BCUT2D eigenvalue weighted by molar-refractivity contribution is 7.09. The molecule has 0 unspecified atom stereocenters. The second-order valence-electron chi connectivity index (χ2n) is 4.80. The highest BCUT2D eigenvalue weighted by Gasteiger charge is 2.06. The zero-order valence-electron chi connectivity index (χ0n) is 11.1. The molecule has 3 aromatic rings. The smallest absolute Gasteiger partial charge is 0.125 e. The number of benzene rings is 1. The molecule has 0 aliphatic heterocycles. The van der Waals surface area contributed by atoms with Gasteiger partial charge in [-0.25, -0.2) is 9.37 Å². The van der Waals surface area contributed by atoms with Crippen LogP contribution in [0.2, 0.25) is 0 Å². The molecule has 0 saturated carbocycles.